The van der Waals surface area contributed by atoms with Crippen molar-refractivity contribution < 1.29 is 9.59 Å². The van der Waals surface area contributed by atoms with Gasteiger partial charge < -0.3 is 10.2 Å². The van der Waals surface area contributed by atoms with Crippen LogP contribution in [0.2, 0.25) is 0 Å². The van der Waals surface area contributed by atoms with Crippen molar-refractivity contribution >= 4 is 17.5 Å². The van der Waals surface area contributed by atoms with Crippen molar-refractivity contribution in [3.05, 3.63) is 71.7 Å². The number of amides is 2. The van der Waals surface area contributed by atoms with E-state index in [4.69, 9.17) is 0 Å². The van der Waals surface area contributed by atoms with Gasteiger partial charge in [0.15, 0.2) is 5.82 Å². The number of aromatic nitrogens is 3. The maximum atomic E-state index is 12.6. The van der Waals surface area contributed by atoms with Gasteiger partial charge in [0.25, 0.3) is 5.91 Å². The zero-order valence-electron chi connectivity index (χ0n) is 15.6. The molecule has 4 rings (SSSR count). The highest BCUT2D eigenvalue weighted by Crippen LogP contribution is 2.29. The first-order valence-corrected chi connectivity index (χ1v) is 9.32. The van der Waals surface area contributed by atoms with Gasteiger partial charge in [-0.05, 0) is 53.9 Å². The van der Waals surface area contributed by atoms with Gasteiger partial charge in [-0.3, -0.25) is 9.59 Å². The molecule has 0 saturated carbocycles. The van der Waals surface area contributed by atoms with Crippen molar-refractivity contribution in [3.63, 3.8) is 0 Å². The Morgan fingerprint density at radius 3 is 2.86 bits per heavy atom. The number of benzene rings is 1. The van der Waals surface area contributed by atoms with Gasteiger partial charge in [-0.15, -0.1) is 0 Å². The molecule has 2 aromatic heterocycles. The maximum Gasteiger partial charge on any atom is 0.251 e. The first-order chi connectivity index (χ1) is 13.7. The number of rotatable bonds is 5. The number of fused-ring (bicyclic) bond motifs is 1. The fourth-order valence-corrected chi connectivity index (χ4v) is 3.38. The SMILES string of the molecule is CCC(=O)N1CCc2cc(C(=O)NCc3ccnc(-n4cccn4)c3)ccc21. The van der Waals surface area contributed by atoms with E-state index in [2.05, 4.69) is 15.4 Å². The second kappa shape index (κ2) is 7.64. The molecule has 3 heterocycles. The number of pyridine rings is 1. The minimum Gasteiger partial charge on any atom is -0.348 e. The summed E-state index contributed by atoms with van der Waals surface area (Å²) in [7, 11) is 0. The molecule has 0 radical (unpaired) electrons. The third kappa shape index (κ3) is 3.51. The fourth-order valence-electron chi connectivity index (χ4n) is 3.38. The van der Waals surface area contributed by atoms with E-state index in [1.54, 1.807) is 28.0 Å². The van der Waals surface area contributed by atoms with Gasteiger partial charge in [0.1, 0.15) is 0 Å². The Hall–Kier alpha value is -3.48. The monoisotopic (exact) mass is 375 g/mol. The number of nitrogens with zero attached hydrogens (tertiary/aromatic N) is 4. The van der Waals surface area contributed by atoms with Crippen molar-refractivity contribution in [2.75, 3.05) is 11.4 Å². The number of anilines is 1. The predicted octanol–water partition coefficient (Wildman–Crippen LogP) is 2.50. The van der Waals surface area contributed by atoms with Gasteiger partial charge in [-0.1, -0.05) is 6.92 Å². The minimum atomic E-state index is -0.138. The lowest BCUT2D eigenvalue weighted by atomic mass is 10.1. The van der Waals surface area contributed by atoms with Gasteiger partial charge in [-0.25, -0.2) is 9.67 Å². The fraction of sp³-hybridized carbons (Fsp3) is 0.238. The lowest BCUT2D eigenvalue weighted by Crippen LogP contribution is -2.27. The summed E-state index contributed by atoms with van der Waals surface area (Å²) in [5, 5.41) is 7.11. The quantitative estimate of drug-likeness (QED) is 0.743. The molecule has 0 aliphatic carbocycles. The highest BCUT2D eigenvalue weighted by Gasteiger charge is 2.24. The third-order valence-corrected chi connectivity index (χ3v) is 4.84. The van der Waals surface area contributed by atoms with Crippen LogP contribution in [0.4, 0.5) is 5.69 Å². The van der Waals surface area contributed by atoms with E-state index in [0.717, 1.165) is 23.2 Å². The Morgan fingerprint density at radius 2 is 2.07 bits per heavy atom. The van der Waals surface area contributed by atoms with Gasteiger partial charge in [0.2, 0.25) is 5.91 Å². The van der Waals surface area contributed by atoms with E-state index in [0.29, 0.717) is 30.9 Å². The molecule has 1 aliphatic rings. The van der Waals surface area contributed by atoms with Crippen LogP contribution in [0, 0.1) is 0 Å². The smallest absolute Gasteiger partial charge is 0.251 e. The number of nitrogens with one attached hydrogen (secondary N) is 1. The van der Waals surface area contributed by atoms with Crippen LogP contribution in [-0.4, -0.2) is 33.1 Å². The van der Waals surface area contributed by atoms with Crippen molar-refractivity contribution in [2.24, 2.45) is 0 Å². The molecule has 1 N–H and O–H groups in total. The molecule has 0 bridgehead atoms. The summed E-state index contributed by atoms with van der Waals surface area (Å²) in [6, 6.07) is 11.1. The van der Waals surface area contributed by atoms with Crippen LogP contribution in [0.15, 0.2) is 55.0 Å². The van der Waals surface area contributed by atoms with Crippen molar-refractivity contribution in [2.45, 2.75) is 26.3 Å². The van der Waals surface area contributed by atoms with Crippen molar-refractivity contribution in [3.8, 4) is 5.82 Å². The van der Waals surface area contributed by atoms with E-state index in [1.807, 2.05) is 43.5 Å². The van der Waals surface area contributed by atoms with Crippen LogP contribution in [0.1, 0.15) is 34.8 Å². The molecule has 28 heavy (non-hydrogen) atoms. The second-order valence-corrected chi connectivity index (χ2v) is 6.65. The normalized spacial score (nSPS) is 12.7. The maximum absolute atomic E-state index is 12.6. The summed E-state index contributed by atoms with van der Waals surface area (Å²) in [5.41, 5.74) is 3.50. The van der Waals surface area contributed by atoms with Gasteiger partial charge in [0, 0.05) is 49.4 Å². The topological polar surface area (TPSA) is 80.1 Å². The first kappa shape index (κ1) is 17.9. The molecule has 2 amide bonds. The summed E-state index contributed by atoms with van der Waals surface area (Å²) < 4.78 is 1.68. The summed E-state index contributed by atoms with van der Waals surface area (Å²) in [5.74, 6) is 0.678. The van der Waals surface area contributed by atoms with Crippen LogP contribution in [0.3, 0.4) is 0 Å². The van der Waals surface area contributed by atoms with E-state index in [9.17, 15) is 9.59 Å². The molecule has 0 unspecified atom stereocenters. The molecule has 0 saturated heterocycles. The average Bonchev–Trinajstić information content (AvgIpc) is 3.41. The molecular weight excluding hydrogens is 354 g/mol. The Balaban J connectivity index is 1.44. The van der Waals surface area contributed by atoms with Crippen LogP contribution < -0.4 is 10.2 Å². The van der Waals surface area contributed by atoms with Crippen molar-refractivity contribution in [1.82, 2.24) is 20.1 Å². The summed E-state index contributed by atoms with van der Waals surface area (Å²) in [6.07, 6.45) is 6.47. The van der Waals surface area contributed by atoms with Crippen molar-refractivity contribution in [1.29, 1.82) is 0 Å². The van der Waals surface area contributed by atoms with Gasteiger partial charge >= 0.3 is 0 Å². The van der Waals surface area contributed by atoms with E-state index >= 15 is 0 Å². The Kier molecular flexibility index (Phi) is 4.89. The predicted molar refractivity (Wildman–Crippen MR) is 105 cm³/mol. The molecular formula is C21H21N5O2. The molecule has 0 atom stereocenters. The lowest BCUT2D eigenvalue weighted by molar-refractivity contribution is -0.118. The molecule has 0 spiro atoms. The zero-order chi connectivity index (χ0) is 19.5. The highest BCUT2D eigenvalue weighted by molar-refractivity contribution is 5.98. The number of carbonyl (C=O) groups is 2. The number of carbonyl (C=O) groups excluding carboxylic acids is 2. The Bertz CT molecular complexity index is 1010. The molecule has 3 aromatic rings. The van der Waals surface area contributed by atoms with E-state index in [-0.39, 0.29) is 11.8 Å². The van der Waals surface area contributed by atoms with Crippen LogP contribution in [0.5, 0.6) is 0 Å². The second-order valence-electron chi connectivity index (χ2n) is 6.65. The number of hydrogen-bond donors (Lipinski definition) is 1. The Labute approximate surface area is 163 Å². The first-order valence-electron chi connectivity index (χ1n) is 9.32. The van der Waals surface area contributed by atoms with Crippen LogP contribution >= 0.6 is 0 Å². The van der Waals surface area contributed by atoms with E-state index in [1.165, 1.54) is 0 Å². The Morgan fingerprint density at radius 1 is 1.18 bits per heavy atom. The summed E-state index contributed by atoms with van der Waals surface area (Å²) in [6.45, 7) is 2.94. The molecule has 0 fully saturated rings. The summed E-state index contributed by atoms with van der Waals surface area (Å²) >= 11 is 0. The molecule has 1 aliphatic heterocycles. The van der Waals surface area contributed by atoms with Crippen LogP contribution in [-0.2, 0) is 17.8 Å². The van der Waals surface area contributed by atoms with Gasteiger partial charge in [-0.2, -0.15) is 5.10 Å². The summed E-state index contributed by atoms with van der Waals surface area (Å²) in [4.78, 5) is 30.7. The zero-order valence-corrected chi connectivity index (χ0v) is 15.6. The largest absolute Gasteiger partial charge is 0.348 e. The van der Waals surface area contributed by atoms with Crippen LogP contribution in [0.25, 0.3) is 5.82 Å². The third-order valence-electron chi connectivity index (χ3n) is 4.84. The lowest BCUT2D eigenvalue weighted by Gasteiger charge is -2.16. The molecule has 1 aromatic carbocycles. The average molecular weight is 375 g/mol. The highest BCUT2D eigenvalue weighted by atomic mass is 16.2. The minimum absolute atomic E-state index is 0.113. The molecule has 142 valence electrons. The van der Waals surface area contributed by atoms with E-state index < -0.39 is 0 Å². The molecule has 7 nitrogen and oxygen atoms in total. The molecule has 7 heteroatoms. The van der Waals surface area contributed by atoms with Gasteiger partial charge in [0.05, 0.1) is 0 Å². The number of hydrogen-bond acceptors (Lipinski definition) is 4. The standard InChI is InChI=1S/C21H21N5O2/c1-2-20(27)25-11-7-16-13-17(4-5-18(16)25)21(28)23-14-15-6-9-22-19(12-15)26-10-3-8-24-26/h3-6,8-10,12-13H,2,7,11,14H2,1H3,(H,23,28).